The first-order chi connectivity index (χ1) is 7.74. The summed E-state index contributed by atoms with van der Waals surface area (Å²) in [7, 11) is 0. The van der Waals surface area contributed by atoms with Crippen molar-refractivity contribution in [3.63, 3.8) is 0 Å². The molecule has 2 rings (SSSR count). The van der Waals surface area contributed by atoms with Crippen LogP contribution in [0, 0.1) is 5.92 Å². The predicted molar refractivity (Wildman–Crippen MR) is 67.3 cm³/mol. The number of nitrogens with two attached hydrogens (primary N) is 1. The summed E-state index contributed by atoms with van der Waals surface area (Å²) in [5, 5.41) is 3.53. The van der Waals surface area contributed by atoms with Crippen LogP contribution in [0.2, 0.25) is 0 Å². The fourth-order valence-corrected chi connectivity index (χ4v) is 2.40. The highest BCUT2D eigenvalue weighted by molar-refractivity contribution is 5.37. The molecule has 0 spiro atoms. The molecule has 0 bridgehead atoms. The number of anilines is 1. The van der Waals surface area contributed by atoms with E-state index in [-0.39, 0.29) is 5.54 Å². The largest absolute Gasteiger partial charge is 0.363 e. The molecule has 0 aliphatic heterocycles. The number of nitrogens with zero attached hydrogens (tertiary/aromatic N) is 1. The average molecular weight is 219 g/mol. The minimum atomic E-state index is 0.0703. The molecule has 3 heteroatoms. The summed E-state index contributed by atoms with van der Waals surface area (Å²) >= 11 is 0. The van der Waals surface area contributed by atoms with Crippen molar-refractivity contribution in [3.05, 3.63) is 24.4 Å². The molecule has 1 fully saturated rings. The van der Waals surface area contributed by atoms with Gasteiger partial charge in [-0.15, -0.1) is 0 Å². The molecule has 0 radical (unpaired) electrons. The lowest BCUT2D eigenvalue weighted by Gasteiger charge is -2.39. The molecule has 1 aliphatic rings. The predicted octanol–water partition coefficient (Wildman–Crippen LogP) is 2.40. The molecule has 16 heavy (non-hydrogen) atoms. The van der Waals surface area contributed by atoms with E-state index in [1.807, 2.05) is 24.4 Å². The number of hydrogen-bond acceptors (Lipinski definition) is 3. The van der Waals surface area contributed by atoms with E-state index in [1.165, 1.54) is 12.8 Å². The Morgan fingerprint density at radius 1 is 1.44 bits per heavy atom. The highest BCUT2D eigenvalue weighted by Crippen LogP contribution is 2.33. The standard InChI is InChI=1S/C13H21N3/c1-11-5-7-13(10-14,8-6-11)16-12-4-2-3-9-15-12/h2-4,9,11H,5-8,10,14H2,1H3,(H,15,16). The van der Waals surface area contributed by atoms with E-state index in [4.69, 9.17) is 5.73 Å². The normalized spacial score (nSPS) is 30.0. The summed E-state index contributed by atoms with van der Waals surface area (Å²) in [6, 6.07) is 5.95. The summed E-state index contributed by atoms with van der Waals surface area (Å²) in [5.74, 6) is 1.78. The van der Waals surface area contributed by atoms with Crippen molar-refractivity contribution < 1.29 is 0 Å². The first kappa shape index (κ1) is 11.4. The molecule has 1 aliphatic carbocycles. The maximum atomic E-state index is 5.94. The van der Waals surface area contributed by atoms with Crippen LogP contribution in [0.25, 0.3) is 0 Å². The van der Waals surface area contributed by atoms with Gasteiger partial charge < -0.3 is 11.1 Å². The summed E-state index contributed by atoms with van der Waals surface area (Å²) in [4.78, 5) is 4.32. The second kappa shape index (κ2) is 4.83. The number of aromatic nitrogens is 1. The van der Waals surface area contributed by atoms with Crippen LogP contribution in [-0.4, -0.2) is 17.1 Å². The van der Waals surface area contributed by atoms with Gasteiger partial charge >= 0.3 is 0 Å². The van der Waals surface area contributed by atoms with Gasteiger partial charge in [0.05, 0.1) is 5.54 Å². The van der Waals surface area contributed by atoms with Crippen molar-refractivity contribution in [1.82, 2.24) is 4.98 Å². The Hall–Kier alpha value is -1.09. The number of pyridine rings is 1. The van der Waals surface area contributed by atoms with E-state index < -0.39 is 0 Å². The molecular formula is C13H21N3. The maximum Gasteiger partial charge on any atom is 0.126 e. The number of rotatable bonds is 3. The van der Waals surface area contributed by atoms with Crippen molar-refractivity contribution in [1.29, 1.82) is 0 Å². The summed E-state index contributed by atoms with van der Waals surface area (Å²) in [6.45, 7) is 3.01. The number of hydrogen-bond donors (Lipinski definition) is 2. The van der Waals surface area contributed by atoms with Gasteiger partial charge in [0, 0.05) is 12.7 Å². The molecule has 1 aromatic heterocycles. The SMILES string of the molecule is CC1CCC(CN)(Nc2ccccn2)CC1. The van der Waals surface area contributed by atoms with Gasteiger partial charge in [0.1, 0.15) is 5.82 Å². The van der Waals surface area contributed by atoms with Crippen LogP contribution in [0.5, 0.6) is 0 Å². The molecule has 0 aromatic carbocycles. The lowest BCUT2D eigenvalue weighted by Crippen LogP contribution is -2.48. The van der Waals surface area contributed by atoms with Crippen LogP contribution in [0.1, 0.15) is 32.6 Å². The van der Waals surface area contributed by atoms with Gasteiger partial charge in [-0.05, 0) is 43.7 Å². The van der Waals surface area contributed by atoms with Crippen molar-refractivity contribution in [2.75, 3.05) is 11.9 Å². The van der Waals surface area contributed by atoms with Gasteiger partial charge in [-0.3, -0.25) is 0 Å². The van der Waals surface area contributed by atoms with Crippen LogP contribution in [-0.2, 0) is 0 Å². The zero-order chi connectivity index (χ0) is 11.4. The third-order valence-electron chi connectivity index (χ3n) is 3.68. The number of nitrogens with one attached hydrogen (secondary N) is 1. The summed E-state index contributed by atoms with van der Waals surface area (Å²) < 4.78 is 0. The fourth-order valence-electron chi connectivity index (χ4n) is 2.40. The minimum Gasteiger partial charge on any atom is -0.363 e. The summed E-state index contributed by atoms with van der Waals surface area (Å²) in [6.07, 6.45) is 6.65. The van der Waals surface area contributed by atoms with Crippen LogP contribution in [0.15, 0.2) is 24.4 Å². The van der Waals surface area contributed by atoms with Crippen LogP contribution >= 0.6 is 0 Å². The van der Waals surface area contributed by atoms with Gasteiger partial charge in [-0.25, -0.2) is 4.98 Å². The van der Waals surface area contributed by atoms with E-state index in [0.717, 1.165) is 24.6 Å². The highest BCUT2D eigenvalue weighted by atomic mass is 15.1. The topological polar surface area (TPSA) is 50.9 Å². The van der Waals surface area contributed by atoms with Crippen molar-refractivity contribution >= 4 is 5.82 Å². The van der Waals surface area contributed by atoms with E-state index in [1.54, 1.807) is 0 Å². The fraction of sp³-hybridized carbons (Fsp3) is 0.615. The molecule has 1 saturated carbocycles. The van der Waals surface area contributed by atoms with Crippen LogP contribution < -0.4 is 11.1 Å². The van der Waals surface area contributed by atoms with Gasteiger partial charge in [-0.1, -0.05) is 13.0 Å². The Balaban J connectivity index is 2.05. The Labute approximate surface area is 97.5 Å². The lowest BCUT2D eigenvalue weighted by molar-refractivity contribution is 0.271. The Bertz CT molecular complexity index is 315. The van der Waals surface area contributed by atoms with E-state index >= 15 is 0 Å². The van der Waals surface area contributed by atoms with Gasteiger partial charge in [0.15, 0.2) is 0 Å². The van der Waals surface area contributed by atoms with E-state index in [2.05, 4.69) is 17.2 Å². The molecule has 3 N–H and O–H groups in total. The zero-order valence-corrected chi connectivity index (χ0v) is 9.95. The molecule has 88 valence electrons. The smallest absolute Gasteiger partial charge is 0.126 e. The monoisotopic (exact) mass is 219 g/mol. The van der Waals surface area contributed by atoms with Crippen LogP contribution in [0.4, 0.5) is 5.82 Å². The van der Waals surface area contributed by atoms with Gasteiger partial charge in [0.2, 0.25) is 0 Å². The lowest BCUT2D eigenvalue weighted by atomic mass is 9.77. The molecule has 0 amide bonds. The summed E-state index contributed by atoms with van der Waals surface area (Å²) in [5.41, 5.74) is 6.01. The second-order valence-electron chi connectivity index (χ2n) is 5.01. The van der Waals surface area contributed by atoms with E-state index in [0.29, 0.717) is 6.54 Å². The molecule has 0 saturated heterocycles. The average Bonchev–Trinajstić information content (AvgIpc) is 2.34. The zero-order valence-electron chi connectivity index (χ0n) is 9.95. The Morgan fingerprint density at radius 2 is 2.19 bits per heavy atom. The van der Waals surface area contributed by atoms with Crippen molar-refractivity contribution in [2.24, 2.45) is 11.7 Å². The van der Waals surface area contributed by atoms with Crippen molar-refractivity contribution in [2.45, 2.75) is 38.1 Å². The second-order valence-corrected chi connectivity index (χ2v) is 5.01. The molecule has 3 nitrogen and oxygen atoms in total. The van der Waals surface area contributed by atoms with Gasteiger partial charge in [-0.2, -0.15) is 0 Å². The highest BCUT2D eigenvalue weighted by Gasteiger charge is 2.32. The Kier molecular flexibility index (Phi) is 3.44. The maximum absolute atomic E-state index is 5.94. The minimum absolute atomic E-state index is 0.0703. The molecule has 1 heterocycles. The first-order valence-corrected chi connectivity index (χ1v) is 6.13. The van der Waals surface area contributed by atoms with Gasteiger partial charge in [0.25, 0.3) is 0 Å². The Morgan fingerprint density at radius 3 is 2.75 bits per heavy atom. The molecule has 0 atom stereocenters. The third-order valence-corrected chi connectivity index (χ3v) is 3.68. The van der Waals surface area contributed by atoms with Crippen LogP contribution in [0.3, 0.4) is 0 Å². The van der Waals surface area contributed by atoms with E-state index in [9.17, 15) is 0 Å². The quantitative estimate of drug-likeness (QED) is 0.820. The molecule has 1 aromatic rings. The van der Waals surface area contributed by atoms with Crippen molar-refractivity contribution in [3.8, 4) is 0 Å². The molecule has 0 unspecified atom stereocenters. The third kappa shape index (κ3) is 2.53. The first-order valence-electron chi connectivity index (χ1n) is 6.13. The molecular weight excluding hydrogens is 198 g/mol.